The Kier molecular flexibility index (Phi) is 8.29. The number of carbonyl (C=O) groups is 1. The van der Waals surface area contributed by atoms with Gasteiger partial charge in [0.2, 0.25) is 5.91 Å². The van der Waals surface area contributed by atoms with E-state index in [0.717, 1.165) is 18.7 Å². The maximum Gasteiger partial charge on any atom is 0.236 e. The average Bonchev–Trinajstić information content (AvgIpc) is 2.11. The molecular weight excluding hydrogens is 232 g/mol. The molecule has 0 unspecified atom stereocenters. The van der Waals surface area contributed by atoms with Crippen LogP contribution in [0.25, 0.3) is 0 Å². The minimum Gasteiger partial charge on any atom is -0.354 e. The second kappa shape index (κ2) is 8.25. The molecule has 1 saturated carbocycles. The highest BCUT2D eigenvalue weighted by Crippen LogP contribution is 2.25. The predicted octanol–water partition coefficient (Wildman–Crippen LogP) is 1.40. The lowest BCUT2D eigenvalue weighted by molar-refractivity contribution is -0.122. The predicted molar refractivity (Wildman–Crippen MR) is 68.6 cm³/mol. The van der Waals surface area contributed by atoms with E-state index in [1.807, 2.05) is 6.26 Å². The number of halogens is 1. The van der Waals surface area contributed by atoms with Crippen molar-refractivity contribution in [1.82, 2.24) is 5.32 Å². The number of thioether (sulfide) groups is 1. The number of carbonyl (C=O) groups excluding carboxylic acids is 1. The van der Waals surface area contributed by atoms with Gasteiger partial charge in [0.15, 0.2) is 0 Å². The van der Waals surface area contributed by atoms with E-state index in [4.69, 9.17) is 5.73 Å². The van der Waals surface area contributed by atoms with Gasteiger partial charge in [0.25, 0.3) is 0 Å². The molecule has 3 nitrogen and oxygen atoms in total. The zero-order valence-corrected chi connectivity index (χ0v) is 10.8. The third-order valence-electron chi connectivity index (χ3n) is 2.76. The molecular formula is C10H21ClN2OS. The lowest BCUT2D eigenvalue weighted by Crippen LogP contribution is -2.43. The maximum atomic E-state index is 11.4. The van der Waals surface area contributed by atoms with Gasteiger partial charge in [-0.3, -0.25) is 4.79 Å². The maximum absolute atomic E-state index is 11.4. The Hall–Kier alpha value is 0.0700. The number of hydrogen-bond acceptors (Lipinski definition) is 3. The van der Waals surface area contributed by atoms with Crippen molar-refractivity contribution in [2.75, 3.05) is 18.6 Å². The molecule has 15 heavy (non-hydrogen) atoms. The van der Waals surface area contributed by atoms with Crippen molar-refractivity contribution < 1.29 is 4.79 Å². The van der Waals surface area contributed by atoms with Crippen molar-refractivity contribution in [3.63, 3.8) is 0 Å². The van der Waals surface area contributed by atoms with Gasteiger partial charge < -0.3 is 11.1 Å². The molecule has 1 fully saturated rings. The SMILES string of the molecule is CSCC[C@H](N)C(=O)NCC1CCC1.Cl. The van der Waals surface area contributed by atoms with Gasteiger partial charge in [-0.1, -0.05) is 6.42 Å². The number of nitrogens with one attached hydrogen (secondary N) is 1. The lowest BCUT2D eigenvalue weighted by Gasteiger charge is -2.26. The first-order valence-electron chi connectivity index (χ1n) is 5.26. The Balaban J connectivity index is 0.00000196. The highest BCUT2D eigenvalue weighted by molar-refractivity contribution is 7.98. The summed E-state index contributed by atoms with van der Waals surface area (Å²) in [4.78, 5) is 11.4. The van der Waals surface area contributed by atoms with E-state index in [9.17, 15) is 4.79 Å². The van der Waals surface area contributed by atoms with Crippen LogP contribution < -0.4 is 11.1 Å². The Labute approximate surface area is 102 Å². The van der Waals surface area contributed by atoms with E-state index < -0.39 is 0 Å². The van der Waals surface area contributed by atoms with E-state index in [-0.39, 0.29) is 24.4 Å². The molecule has 0 aromatic rings. The van der Waals surface area contributed by atoms with Crippen LogP contribution in [0, 0.1) is 5.92 Å². The molecule has 0 radical (unpaired) electrons. The summed E-state index contributed by atoms with van der Waals surface area (Å²) in [5.41, 5.74) is 5.72. The molecule has 1 atom stereocenters. The first-order chi connectivity index (χ1) is 6.74. The summed E-state index contributed by atoms with van der Waals surface area (Å²) in [5, 5.41) is 2.92. The third-order valence-corrected chi connectivity index (χ3v) is 3.40. The van der Waals surface area contributed by atoms with Crippen LogP contribution in [0.5, 0.6) is 0 Å². The molecule has 0 spiro atoms. The van der Waals surface area contributed by atoms with Gasteiger partial charge >= 0.3 is 0 Å². The van der Waals surface area contributed by atoms with Crippen LogP contribution in [-0.4, -0.2) is 30.5 Å². The fourth-order valence-electron chi connectivity index (χ4n) is 1.45. The van der Waals surface area contributed by atoms with Crippen molar-refractivity contribution in [3.8, 4) is 0 Å². The number of rotatable bonds is 6. The van der Waals surface area contributed by atoms with E-state index in [1.165, 1.54) is 19.3 Å². The van der Waals surface area contributed by atoms with Gasteiger partial charge in [-0.25, -0.2) is 0 Å². The van der Waals surface area contributed by atoms with Gasteiger partial charge in [-0.05, 0) is 37.2 Å². The Morgan fingerprint density at radius 1 is 1.60 bits per heavy atom. The van der Waals surface area contributed by atoms with Crippen LogP contribution in [0.2, 0.25) is 0 Å². The minimum atomic E-state index is -0.317. The number of amides is 1. The van der Waals surface area contributed by atoms with Crippen LogP contribution in [-0.2, 0) is 4.79 Å². The van der Waals surface area contributed by atoms with E-state index in [2.05, 4.69) is 5.32 Å². The van der Waals surface area contributed by atoms with Crippen LogP contribution >= 0.6 is 24.2 Å². The molecule has 1 rings (SSSR count). The normalized spacial score (nSPS) is 17.5. The summed E-state index contributed by atoms with van der Waals surface area (Å²) >= 11 is 1.73. The van der Waals surface area contributed by atoms with Crippen LogP contribution in [0.3, 0.4) is 0 Å². The average molecular weight is 253 g/mol. The summed E-state index contributed by atoms with van der Waals surface area (Å²) < 4.78 is 0. The van der Waals surface area contributed by atoms with Crippen molar-refractivity contribution >= 4 is 30.1 Å². The number of hydrogen-bond donors (Lipinski definition) is 2. The molecule has 0 saturated heterocycles. The first-order valence-corrected chi connectivity index (χ1v) is 6.65. The Morgan fingerprint density at radius 2 is 2.27 bits per heavy atom. The lowest BCUT2D eigenvalue weighted by atomic mass is 9.85. The molecule has 1 amide bonds. The second-order valence-corrected chi connectivity index (χ2v) is 4.92. The molecule has 0 bridgehead atoms. The van der Waals surface area contributed by atoms with Crippen LogP contribution in [0.4, 0.5) is 0 Å². The molecule has 1 aliphatic carbocycles. The van der Waals surface area contributed by atoms with Gasteiger partial charge in [0.05, 0.1) is 6.04 Å². The summed E-state index contributed by atoms with van der Waals surface area (Å²) in [5.74, 6) is 1.69. The standard InChI is InChI=1S/C10H20N2OS.ClH/c1-14-6-5-9(11)10(13)12-7-8-3-2-4-8;/h8-9H,2-7,11H2,1H3,(H,12,13);1H/t9-;/m0./s1. The van der Waals surface area contributed by atoms with Crippen molar-refractivity contribution in [2.24, 2.45) is 11.7 Å². The monoisotopic (exact) mass is 252 g/mol. The summed E-state index contributed by atoms with van der Waals surface area (Å²) in [6, 6.07) is -0.317. The topological polar surface area (TPSA) is 55.1 Å². The van der Waals surface area contributed by atoms with Gasteiger partial charge in [0, 0.05) is 6.54 Å². The van der Waals surface area contributed by atoms with Crippen LogP contribution in [0.1, 0.15) is 25.7 Å². The fraction of sp³-hybridized carbons (Fsp3) is 0.900. The third kappa shape index (κ3) is 5.64. The summed E-state index contributed by atoms with van der Waals surface area (Å²) in [6.07, 6.45) is 6.65. The zero-order chi connectivity index (χ0) is 10.4. The Bertz CT molecular complexity index is 188. The molecule has 3 N–H and O–H groups in total. The quantitative estimate of drug-likeness (QED) is 0.752. The summed E-state index contributed by atoms with van der Waals surface area (Å²) in [6.45, 7) is 0.825. The fourth-order valence-corrected chi connectivity index (χ4v) is 1.94. The molecule has 0 aromatic carbocycles. The highest BCUT2D eigenvalue weighted by atomic mass is 35.5. The smallest absolute Gasteiger partial charge is 0.236 e. The molecule has 5 heteroatoms. The van der Waals surface area contributed by atoms with Gasteiger partial charge in [-0.2, -0.15) is 11.8 Å². The Morgan fingerprint density at radius 3 is 2.73 bits per heavy atom. The molecule has 1 aliphatic rings. The van der Waals surface area contributed by atoms with Crippen molar-refractivity contribution in [2.45, 2.75) is 31.7 Å². The highest BCUT2D eigenvalue weighted by Gasteiger charge is 2.19. The molecule has 0 aromatic heterocycles. The van der Waals surface area contributed by atoms with E-state index in [1.54, 1.807) is 11.8 Å². The van der Waals surface area contributed by atoms with Crippen molar-refractivity contribution in [3.05, 3.63) is 0 Å². The minimum absolute atomic E-state index is 0. The van der Waals surface area contributed by atoms with Crippen LogP contribution in [0.15, 0.2) is 0 Å². The molecule has 0 heterocycles. The summed E-state index contributed by atoms with van der Waals surface area (Å²) in [7, 11) is 0. The first kappa shape index (κ1) is 15.1. The second-order valence-electron chi connectivity index (χ2n) is 3.93. The van der Waals surface area contributed by atoms with Crippen molar-refractivity contribution in [1.29, 1.82) is 0 Å². The van der Waals surface area contributed by atoms with E-state index >= 15 is 0 Å². The van der Waals surface area contributed by atoms with Gasteiger partial charge in [-0.15, -0.1) is 12.4 Å². The number of nitrogens with two attached hydrogens (primary N) is 1. The molecule has 90 valence electrons. The van der Waals surface area contributed by atoms with Gasteiger partial charge in [0.1, 0.15) is 0 Å². The van der Waals surface area contributed by atoms with E-state index in [0.29, 0.717) is 5.92 Å². The largest absolute Gasteiger partial charge is 0.354 e. The molecule has 0 aliphatic heterocycles. The zero-order valence-electron chi connectivity index (χ0n) is 9.20.